The smallest absolute Gasteiger partial charge is 0.337 e. The van der Waals surface area contributed by atoms with E-state index in [0.717, 1.165) is 27.1 Å². The average molecular weight is 597 g/mol. The minimum atomic E-state index is -4.72. The molecule has 10 nitrogen and oxygen atoms in total. The van der Waals surface area contributed by atoms with Gasteiger partial charge < -0.3 is 19.5 Å². The molecule has 4 aliphatic rings. The Balaban J connectivity index is 1.73. The Morgan fingerprint density at radius 1 is 1.11 bits per heavy atom. The zero-order valence-corrected chi connectivity index (χ0v) is 24.5. The van der Waals surface area contributed by atoms with E-state index in [9.17, 15) is 28.9 Å². The number of thioether (sulfide) groups is 3. The zero-order chi connectivity index (χ0) is 27.7. The van der Waals surface area contributed by atoms with Gasteiger partial charge in [0.25, 0.3) is 5.91 Å². The Bertz CT molecular complexity index is 1420. The molecule has 38 heavy (non-hydrogen) atoms. The minimum Gasteiger partial charge on any atom is -0.506 e. The van der Waals surface area contributed by atoms with Crippen LogP contribution in [0.25, 0.3) is 5.57 Å². The third kappa shape index (κ3) is 3.70. The van der Waals surface area contributed by atoms with E-state index in [1.165, 1.54) is 50.7 Å². The molecule has 0 bridgehead atoms. The predicted octanol–water partition coefficient (Wildman–Crippen LogP) is 4.77. The normalized spacial score (nSPS) is 25.3. The lowest BCUT2D eigenvalue weighted by atomic mass is 9.96. The first kappa shape index (κ1) is 27.3. The van der Waals surface area contributed by atoms with E-state index < -0.39 is 35.4 Å². The van der Waals surface area contributed by atoms with E-state index >= 15 is 0 Å². The van der Waals surface area contributed by atoms with Gasteiger partial charge in [0.2, 0.25) is 22.0 Å². The summed E-state index contributed by atoms with van der Waals surface area (Å²) in [4.78, 5) is 52.0. The molecule has 3 amide bonds. The predicted molar refractivity (Wildman–Crippen MR) is 148 cm³/mol. The number of carbonyl (C=O) groups excluding carboxylic acids is 3. The van der Waals surface area contributed by atoms with Gasteiger partial charge in [0, 0.05) is 24.0 Å². The van der Waals surface area contributed by atoms with Crippen molar-refractivity contribution in [3.8, 4) is 5.75 Å². The Hall–Kier alpha value is -2.31. The fourth-order valence-corrected chi connectivity index (χ4v) is 12.3. The molecule has 202 valence electrons. The molecule has 1 fully saturated rings. The molecule has 0 aromatic heterocycles. The largest absolute Gasteiger partial charge is 0.506 e. The maximum atomic E-state index is 14.4. The lowest BCUT2D eigenvalue weighted by molar-refractivity contribution is -0.145. The van der Waals surface area contributed by atoms with Gasteiger partial charge in [-0.1, -0.05) is 47.4 Å². The van der Waals surface area contributed by atoms with E-state index in [-0.39, 0.29) is 28.9 Å². The number of para-hydroxylation sites is 1. The van der Waals surface area contributed by atoms with Gasteiger partial charge in [-0.25, -0.2) is 4.67 Å². The molecule has 1 saturated heterocycles. The zero-order valence-electron chi connectivity index (χ0n) is 21.1. The van der Waals surface area contributed by atoms with Crippen LogP contribution in [0.1, 0.15) is 39.2 Å². The van der Waals surface area contributed by atoms with Gasteiger partial charge in [-0.15, -0.1) is 0 Å². The van der Waals surface area contributed by atoms with Gasteiger partial charge in [-0.2, -0.15) is 0 Å². The number of hydrogen-bond donors (Lipinski definition) is 2. The number of ether oxygens (including phenoxy) is 2. The summed E-state index contributed by atoms with van der Waals surface area (Å²) in [7, 11) is -1.69. The molecule has 2 N–H and O–H groups in total. The number of aromatic hydroxyl groups is 1. The van der Waals surface area contributed by atoms with Crippen LogP contribution >= 0.6 is 42.8 Å². The summed E-state index contributed by atoms with van der Waals surface area (Å²) in [5.74, 6) is -2.37. The third-order valence-corrected chi connectivity index (χ3v) is 13.9. The SMILES string of the molecule is COC1=C(OC)SC2(S1)C(C)=C(C)SC1=C2c2cccc(O)c2N(C(=O)C(C)N2C(=O)CCC2=O)P1(=O)O. The van der Waals surface area contributed by atoms with Crippen molar-refractivity contribution in [3.05, 3.63) is 49.1 Å². The monoisotopic (exact) mass is 596 g/mol. The molecule has 4 heterocycles. The van der Waals surface area contributed by atoms with Crippen LogP contribution in [0.3, 0.4) is 0 Å². The summed E-state index contributed by atoms with van der Waals surface area (Å²) in [6.45, 7) is 5.10. The topological polar surface area (TPSA) is 134 Å². The summed E-state index contributed by atoms with van der Waals surface area (Å²) in [6.07, 6.45) is -0.0613. The number of amides is 3. The summed E-state index contributed by atoms with van der Waals surface area (Å²) < 4.78 is 25.3. The molecule has 1 aromatic rings. The van der Waals surface area contributed by atoms with Crippen molar-refractivity contribution in [2.45, 2.75) is 43.7 Å². The summed E-state index contributed by atoms with van der Waals surface area (Å²) >= 11 is 3.74. The second-order valence-electron chi connectivity index (χ2n) is 8.97. The number of anilines is 1. The van der Waals surface area contributed by atoms with E-state index in [1.807, 2.05) is 13.8 Å². The van der Waals surface area contributed by atoms with Crippen molar-refractivity contribution < 1.29 is 38.4 Å². The van der Waals surface area contributed by atoms with Crippen LogP contribution in [0.4, 0.5) is 5.69 Å². The second-order valence-corrected chi connectivity index (χ2v) is 15.1. The van der Waals surface area contributed by atoms with Crippen LogP contribution in [0.2, 0.25) is 0 Å². The van der Waals surface area contributed by atoms with Crippen molar-refractivity contribution in [2.24, 2.45) is 0 Å². The highest BCUT2D eigenvalue weighted by molar-refractivity contribution is 8.26. The standard InChI is InChI=1S/C24H25N2O8PS3/c1-11-13(3)36-23-18(24(11)37-21(33-4)22(34-5)38-24)14-7-6-8-15(27)19(14)26(35(23,31)32)20(30)12(2)25-16(28)9-10-17(25)29/h6-8,12,27H,9-10H2,1-5H3,(H,31,32). The lowest BCUT2D eigenvalue weighted by Gasteiger charge is -2.45. The van der Waals surface area contributed by atoms with Crippen molar-refractivity contribution in [1.82, 2.24) is 4.90 Å². The minimum absolute atomic E-state index is 0.0306. The van der Waals surface area contributed by atoms with Gasteiger partial charge in [0.1, 0.15) is 26.2 Å². The summed E-state index contributed by atoms with van der Waals surface area (Å²) in [5, 5.41) is 12.0. The number of methoxy groups -OCH3 is 2. The first-order chi connectivity index (χ1) is 17.9. The molecule has 0 aliphatic carbocycles. The van der Waals surface area contributed by atoms with Crippen molar-refractivity contribution >= 4 is 71.8 Å². The van der Waals surface area contributed by atoms with Crippen LogP contribution in [0.5, 0.6) is 5.75 Å². The number of benzene rings is 1. The summed E-state index contributed by atoms with van der Waals surface area (Å²) in [6, 6.07) is 3.25. The van der Waals surface area contributed by atoms with Crippen LogP contribution in [0.15, 0.2) is 43.5 Å². The van der Waals surface area contributed by atoms with Crippen LogP contribution < -0.4 is 4.67 Å². The number of rotatable bonds is 4. The molecule has 2 atom stereocenters. The highest BCUT2D eigenvalue weighted by atomic mass is 32.2. The number of hydrogen-bond acceptors (Lipinski definition) is 10. The second kappa shape index (κ2) is 9.41. The number of likely N-dealkylation sites (tertiary alicyclic amines) is 1. The van der Waals surface area contributed by atoms with Gasteiger partial charge >= 0.3 is 7.52 Å². The first-order valence-electron chi connectivity index (χ1n) is 11.6. The molecule has 4 aliphatic heterocycles. The fraction of sp³-hybridized carbons (Fsp3) is 0.375. The number of phenols is 1. The van der Waals surface area contributed by atoms with Gasteiger partial charge in [-0.05, 0) is 37.3 Å². The lowest BCUT2D eigenvalue weighted by Crippen LogP contribution is -2.49. The molecule has 14 heteroatoms. The fourth-order valence-electron chi connectivity index (χ4n) is 4.94. The van der Waals surface area contributed by atoms with Gasteiger partial charge in [0.05, 0.1) is 14.2 Å². The Labute approximate surface area is 232 Å². The van der Waals surface area contributed by atoms with Crippen LogP contribution in [0, 0.1) is 0 Å². The molecule has 1 aromatic carbocycles. The number of nitrogens with zero attached hydrogens (tertiary/aromatic N) is 2. The Morgan fingerprint density at radius 2 is 1.68 bits per heavy atom. The van der Waals surface area contributed by atoms with E-state index in [2.05, 4.69) is 0 Å². The molecule has 5 rings (SSSR count). The van der Waals surface area contributed by atoms with Crippen LogP contribution in [-0.2, 0) is 28.4 Å². The maximum Gasteiger partial charge on any atom is 0.337 e. The van der Waals surface area contributed by atoms with E-state index in [1.54, 1.807) is 12.1 Å². The number of fused-ring (bicyclic) bond motifs is 3. The van der Waals surface area contributed by atoms with Crippen LogP contribution in [-0.4, -0.2) is 57.0 Å². The average Bonchev–Trinajstić information content (AvgIpc) is 3.42. The highest BCUT2D eigenvalue weighted by Gasteiger charge is 2.59. The molecule has 0 saturated carbocycles. The number of imide groups is 1. The molecule has 1 spiro atoms. The molecule has 2 unspecified atom stereocenters. The van der Waals surface area contributed by atoms with E-state index in [0.29, 0.717) is 26.0 Å². The Morgan fingerprint density at radius 3 is 2.24 bits per heavy atom. The third-order valence-electron chi connectivity index (χ3n) is 6.90. The molecular formula is C24H25N2O8PS3. The van der Waals surface area contributed by atoms with Crippen molar-refractivity contribution in [1.29, 1.82) is 0 Å². The first-order valence-corrected chi connectivity index (χ1v) is 15.6. The number of carbonyl (C=O) groups is 3. The number of allylic oxidation sites excluding steroid dienone is 1. The Kier molecular flexibility index (Phi) is 6.75. The van der Waals surface area contributed by atoms with E-state index in [4.69, 9.17) is 9.47 Å². The quantitative estimate of drug-likeness (QED) is 0.368. The maximum absolute atomic E-state index is 14.4. The van der Waals surface area contributed by atoms with Crippen molar-refractivity contribution in [2.75, 3.05) is 18.9 Å². The summed E-state index contributed by atoms with van der Waals surface area (Å²) in [5.41, 5.74) is 1.59. The number of phenolic OH excluding ortho intramolecular Hbond substituents is 1. The highest BCUT2D eigenvalue weighted by Crippen LogP contribution is 2.77. The van der Waals surface area contributed by atoms with Gasteiger partial charge in [-0.3, -0.25) is 23.8 Å². The molecular weight excluding hydrogens is 571 g/mol. The van der Waals surface area contributed by atoms with Crippen molar-refractivity contribution in [3.63, 3.8) is 0 Å². The molecule has 0 radical (unpaired) electrons. The van der Waals surface area contributed by atoms with Gasteiger partial charge in [0.15, 0.2) is 0 Å².